The number of carboxylic acid groups (broad SMARTS) is 3. The number of hydrogen-bond donors (Lipinski definition) is 3. The molecule has 0 aliphatic heterocycles. The fourth-order valence-electron chi connectivity index (χ4n) is 1.74. The number of aromatic carboxylic acids is 3. The minimum atomic E-state index is -0.879. The molecule has 3 aromatic rings. The van der Waals surface area contributed by atoms with Gasteiger partial charge < -0.3 is 15.3 Å². The summed E-state index contributed by atoms with van der Waals surface area (Å²) in [6.45, 7) is 0. The monoisotopic (exact) mass is 400 g/mol. The maximum Gasteiger partial charge on any atom is 0.335 e. The van der Waals surface area contributed by atoms with Crippen LogP contribution in [-0.2, 0) is 0 Å². The van der Waals surface area contributed by atoms with Crippen LogP contribution in [0.2, 0.25) is 0 Å². The summed E-state index contributed by atoms with van der Waals surface area (Å²) in [5.74, 6) is -2.64. The molecule has 1 atom stereocenters. The van der Waals surface area contributed by atoms with E-state index in [9.17, 15) is 14.4 Å². The van der Waals surface area contributed by atoms with Gasteiger partial charge in [-0.25, -0.2) is 14.4 Å². The van der Waals surface area contributed by atoms with E-state index in [1.165, 1.54) is 0 Å². The second-order valence-corrected chi connectivity index (χ2v) is 5.01. The average Bonchev–Trinajstić information content (AvgIpc) is 2.71. The van der Waals surface area contributed by atoms with Crippen molar-refractivity contribution < 1.29 is 29.7 Å². The molecule has 146 valence electrons. The van der Waals surface area contributed by atoms with Crippen molar-refractivity contribution in [3.63, 3.8) is 0 Å². The highest BCUT2D eigenvalue weighted by Gasteiger charge is 1.98. The van der Waals surface area contributed by atoms with Gasteiger partial charge in [-0.3, -0.25) is 0 Å². The highest BCUT2D eigenvalue weighted by atomic mass is 31.0. The van der Waals surface area contributed by atoms with Crippen LogP contribution in [0.4, 0.5) is 0 Å². The lowest BCUT2D eigenvalue weighted by atomic mass is 10.2. The Kier molecular flexibility index (Phi) is 12.0. The van der Waals surface area contributed by atoms with E-state index in [-0.39, 0.29) is 9.90 Å². The predicted molar refractivity (Wildman–Crippen MR) is 111 cm³/mol. The van der Waals surface area contributed by atoms with Crippen LogP contribution in [0.3, 0.4) is 0 Å². The van der Waals surface area contributed by atoms with Crippen LogP contribution in [0.25, 0.3) is 0 Å². The third-order valence-electron chi connectivity index (χ3n) is 3.06. The lowest BCUT2D eigenvalue weighted by Crippen LogP contribution is -1.93. The normalized spacial score (nSPS) is 8.57. The van der Waals surface area contributed by atoms with Crippen LogP contribution < -0.4 is 0 Å². The topological polar surface area (TPSA) is 112 Å². The summed E-state index contributed by atoms with van der Waals surface area (Å²) in [7, 11) is 0. The maximum atomic E-state index is 10.2. The summed E-state index contributed by atoms with van der Waals surface area (Å²) >= 11 is 0. The second kappa shape index (κ2) is 13.7. The van der Waals surface area contributed by atoms with E-state index in [0.717, 1.165) is 0 Å². The van der Waals surface area contributed by atoms with E-state index in [1.54, 1.807) is 91.0 Å². The van der Waals surface area contributed by atoms with Crippen molar-refractivity contribution in [2.45, 2.75) is 0 Å². The highest BCUT2D eigenvalue weighted by molar-refractivity contribution is 6.92. The zero-order valence-electron chi connectivity index (χ0n) is 14.9. The van der Waals surface area contributed by atoms with Crippen molar-refractivity contribution in [1.82, 2.24) is 0 Å². The van der Waals surface area contributed by atoms with Gasteiger partial charge in [0.25, 0.3) is 0 Å². The summed E-state index contributed by atoms with van der Waals surface area (Å²) < 4.78 is 0. The van der Waals surface area contributed by atoms with E-state index in [4.69, 9.17) is 15.3 Å². The Labute approximate surface area is 165 Å². The van der Waals surface area contributed by atoms with E-state index in [2.05, 4.69) is 0 Å². The van der Waals surface area contributed by atoms with Crippen LogP contribution in [0, 0.1) is 0 Å². The SMILES string of the molecule is O=C(O)c1ccccc1.O=C(O)c1ccccc1.O=C(O)c1ccccc1.P. The molecular formula is C21H21O6P. The molecule has 0 spiro atoms. The first-order valence-corrected chi connectivity index (χ1v) is 7.77. The lowest BCUT2D eigenvalue weighted by Gasteiger charge is -1.88. The van der Waals surface area contributed by atoms with Crippen molar-refractivity contribution in [1.29, 1.82) is 0 Å². The largest absolute Gasteiger partial charge is 0.478 e. The van der Waals surface area contributed by atoms with Crippen molar-refractivity contribution >= 4 is 27.8 Å². The number of benzene rings is 3. The highest BCUT2D eigenvalue weighted by Crippen LogP contribution is 1.97. The molecule has 3 rings (SSSR count). The van der Waals surface area contributed by atoms with Gasteiger partial charge in [0.2, 0.25) is 0 Å². The molecule has 0 fully saturated rings. The molecule has 0 aliphatic carbocycles. The van der Waals surface area contributed by atoms with Gasteiger partial charge in [0.05, 0.1) is 16.7 Å². The standard InChI is InChI=1S/3C7H6O2.H3P/c3*8-7(9)6-4-2-1-3-5-6;/h3*1-5H,(H,8,9);1H3. The number of hydrogen-bond acceptors (Lipinski definition) is 3. The Morgan fingerprint density at radius 3 is 0.714 bits per heavy atom. The molecule has 0 saturated heterocycles. The fourth-order valence-corrected chi connectivity index (χ4v) is 1.74. The molecule has 0 radical (unpaired) electrons. The summed E-state index contributed by atoms with van der Waals surface area (Å²) in [6, 6.07) is 24.9. The molecular weight excluding hydrogens is 379 g/mol. The van der Waals surface area contributed by atoms with Gasteiger partial charge in [-0.05, 0) is 36.4 Å². The average molecular weight is 400 g/mol. The maximum absolute atomic E-state index is 10.2. The van der Waals surface area contributed by atoms with Crippen LogP contribution in [0.15, 0.2) is 91.0 Å². The Bertz CT molecular complexity index is 734. The minimum absolute atomic E-state index is 0. The van der Waals surface area contributed by atoms with E-state index in [0.29, 0.717) is 16.7 Å². The summed E-state index contributed by atoms with van der Waals surface area (Å²) in [5.41, 5.74) is 0.993. The number of carboxylic acids is 3. The number of rotatable bonds is 3. The van der Waals surface area contributed by atoms with Gasteiger partial charge in [0, 0.05) is 0 Å². The molecule has 0 aliphatic rings. The smallest absolute Gasteiger partial charge is 0.335 e. The van der Waals surface area contributed by atoms with E-state index < -0.39 is 17.9 Å². The third kappa shape index (κ3) is 9.85. The Morgan fingerprint density at radius 1 is 0.429 bits per heavy atom. The van der Waals surface area contributed by atoms with Gasteiger partial charge in [0.15, 0.2) is 0 Å². The minimum Gasteiger partial charge on any atom is -0.478 e. The van der Waals surface area contributed by atoms with Crippen molar-refractivity contribution in [2.75, 3.05) is 0 Å². The van der Waals surface area contributed by atoms with Crippen molar-refractivity contribution in [2.24, 2.45) is 0 Å². The first-order chi connectivity index (χ1) is 12.9. The molecule has 7 heteroatoms. The molecule has 0 aromatic heterocycles. The molecule has 6 nitrogen and oxygen atoms in total. The Balaban J connectivity index is 0.000000384. The van der Waals surface area contributed by atoms with Gasteiger partial charge >= 0.3 is 17.9 Å². The Morgan fingerprint density at radius 2 is 0.607 bits per heavy atom. The molecule has 28 heavy (non-hydrogen) atoms. The molecule has 3 aromatic carbocycles. The first kappa shape index (κ1) is 24.5. The zero-order chi connectivity index (χ0) is 20.1. The molecule has 0 bridgehead atoms. The predicted octanol–water partition coefficient (Wildman–Crippen LogP) is 4.21. The molecule has 0 amide bonds. The quantitative estimate of drug-likeness (QED) is 0.568. The molecule has 3 N–H and O–H groups in total. The van der Waals surface area contributed by atoms with Gasteiger partial charge in [-0.1, -0.05) is 54.6 Å². The van der Waals surface area contributed by atoms with Crippen molar-refractivity contribution in [3.8, 4) is 0 Å². The van der Waals surface area contributed by atoms with Crippen LogP contribution in [-0.4, -0.2) is 33.2 Å². The summed E-state index contributed by atoms with van der Waals surface area (Å²) in [6.07, 6.45) is 0. The van der Waals surface area contributed by atoms with E-state index >= 15 is 0 Å². The van der Waals surface area contributed by atoms with Crippen LogP contribution >= 0.6 is 9.90 Å². The summed E-state index contributed by atoms with van der Waals surface area (Å²) in [5, 5.41) is 25.2. The fraction of sp³-hybridized carbons (Fsp3) is 0. The van der Waals surface area contributed by atoms with Crippen molar-refractivity contribution in [3.05, 3.63) is 108 Å². The molecule has 1 unspecified atom stereocenters. The summed E-state index contributed by atoms with van der Waals surface area (Å²) in [4.78, 5) is 30.6. The second-order valence-electron chi connectivity index (χ2n) is 5.01. The lowest BCUT2D eigenvalue weighted by molar-refractivity contribution is 0.0686. The first-order valence-electron chi connectivity index (χ1n) is 7.77. The van der Waals surface area contributed by atoms with Gasteiger partial charge in [-0.15, -0.1) is 0 Å². The molecule has 0 heterocycles. The van der Waals surface area contributed by atoms with Gasteiger partial charge in [0.1, 0.15) is 0 Å². The van der Waals surface area contributed by atoms with Crippen LogP contribution in [0.1, 0.15) is 31.1 Å². The van der Waals surface area contributed by atoms with Crippen LogP contribution in [0.5, 0.6) is 0 Å². The van der Waals surface area contributed by atoms with E-state index in [1.807, 2.05) is 0 Å². The third-order valence-corrected chi connectivity index (χ3v) is 3.06. The Hall–Kier alpha value is -3.50. The van der Waals surface area contributed by atoms with Gasteiger partial charge in [-0.2, -0.15) is 9.90 Å². The number of carbonyl (C=O) groups is 3. The molecule has 0 saturated carbocycles. The zero-order valence-corrected chi connectivity index (χ0v) is 16.3.